The third-order valence-corrected chi connectivity index (χ3v) is 3.90. The van der Waals surface area contributed by atoms with Crippen LogP contribution < -0.4 is 11.5 Å². The van der Waals surface area contributed by atoms with Crippen molar-refractivity contribution in [2.45, 2.75) is 56.4 Å². The Morgan fingerprint density at radius 3 is 2.44 bits per heavy atom. The van der Waals surface area contributed by atoms with E-state index in [1.165, 1.54) is 0 Å². The van der Waals surface area contributed by atoms with E-state index in [0.29, 0.717) is 25.7 Å². The third-order valence-electron chi connectivity index (χ3n) is 3.90. The predicted molar refractivity (Wildman–Crippen MR) is 68.7 cm³/mol. The molecule has 0 aromatic carbocycles. The topological polar surface area (TPSA) is 130 Å². The summed E-state index contributed by atoms with van der Waals surface area (Å²) in [5.74, 6) is -1.06. The van der Waals surface area contributed by atoms with Crippen LogP contribution in [0.2, 0.25) is 6.32 Å². The van der Waals surface area contributed by atoms with E-state index in [1.807, 2.05) is 0 Å². The Labute approximate surface area is 107 Å². The normalized spacial score (nSPS) is 26.9. The lowest BCUT2D eigenvalue weighted by molar-refractivity contribution is -0.146. The SMILES string of the molecule is N[C@H]1CC[C@@H]([C@@](N)(CCCCB(O)O)C(=O)O)C1. The summed E-state index contributed by atoms with van der Waals surface area (Å²) in [5.41, 5.74) is 10.6. The molecule has 0 unspecified atom stereocenters. The first-order valence-electron chi connectivity index (χ1n) is 6.50. The molecule has 1 fully saturated rings. The molecular formula is C11H23BN2O4. The number of unbranched alkanes of at least 4 members (excludes halogenated alkanes) is 1. The monoisotopic (exact) mass is 258 g/mol. The summed E-state index contributed by atoms with van der Waals surface area (Å²) < 4.78 is 0. The van der Waals surface area contributed by atoms with Gasteiger partial charge in [-0.05, 0) is 37.9 Å². The zero-order chi connectivity index (χ0) is 13.8. The Balaban J connectivity index is 2.50. The van der Waals surface area contributed by atoms with Crippen LogP contribution in [0.1, 0.15) is 38.5 Å². The number of rotatable bonds is 7. The van der Waals surface area contributed by atoms with Gasteiger partial charge in [0.2, 0.25) is 0 Å². The smallest absolute Gasteiger partial charge is 0.451 e. The highest BCUT2D eigenvalue weighted by Crippen LogP contribution is 2.35. The van der Waals surface area contributed by atoms with Gasteiger partial charge in [0.1, 0.15) is 5.54 Å². The van der Waals surface area contributed by atoms with Crippen molar-refractivity contribution in [3.8, 4) is 0 Å². The maximum atomic E-state index is 11.4. The zero-order valence-corrected chi connectivity index (χ0v) is 10.6. The molecule has 0 aliphatic heterocycles. The van der Waals surface area contributed by atoms with E-state index in [4.69, 9.17) is 21.5 Å². The van der Waals surface area contributed by atoms with Gasteiger partial charge in [-0.15, -0.1) is 0 Å². The molecule has 1 rings (SSSR count). The summed E-state index contributed by atoms with van der Waals surface area (Å²) in [6.07, 6.45) is 3.98. The van der Waals surface area contributed by atoms with Crippen LogP contribution >= 0.6 is 0 Å². The first-order chi connectivity index (χ1) is 8.36. The summed E-state index contributed by atoms with van der Waals surface area (Å²) in [7, 11) is -1.33. The van der Waals surface area contributed by atoms with Crippen LogP contribution in [0.25, 0.3) is 0 Å². The van der Waals surface area contributed by atoms with Gasteiger partial charge < -0.3 is 26.6 Å². The lowest BCUT2D eigenvalue weighted by Crippen LogP contribution is -2.53. The molecule has 1 saturated carbocycles. The molecular weight excluding hydrogens is 235 g/mol. The number of carbonyl (C=O) groups is 1. The lowest BCUT2D eigenvalue weighted by atomic mass is 9.77. The second-order valence-corrected chi connectivity index (χ2v) is 5.34. The summed E-state index contributed by atoms with van der Waals surface area (Å²) in [6, 6.07) is 0.0524. The number of hydrogen-bond donors (Lipinski definition) is 5. The fourth-order valence-electron chi connectivity index (χ4n) is 2.71. The Bertz CT molecular complexity index is 290. The van der Waals surface area contributed by atoms with E-state index in [9.17, 15) is 9.90 Å². The summed E-state index contributed by atoms with van der Waals surface area (Å²) >= 11 is 0. The van der Waals surface area contributed by atoms with Gasteiger partial charge in [-0.2, -0.15) is 0 Å². The van der Waals surface area contributed by atoms with Crippen molar-refractivity contribution in [2.24, 2.45) is 17.4 Å². The molecule has 0 spiro atoms. The molecule has 0 aromatic rings. The fraction of sp³-hybridized carbons (Fsp3) is 0.909. The Morgan fingerprint density at radius 2 is 2.00 bits per heavy atom. The number of carboxylic acids is 1. The largest absolute Gasteiger partial charge is 0.480 e. The van der Waals surface area contributed by atoms with Gasteiger partial charge in [0.05, 0.1) is 0 Å². The molecule has 0 amide bonds. The Kier molecular flexibility index (Phi) is 5.59. The molecule has 18 heavy (non-hydrogen) atoms. The van der Waals surface area contributed by atoms with Crippen LogP contribution in [0, 0.1) is 5.92 Å². The van der Waals surface area contributed by atoms with Gasteiger partial charge in [-0.25, -0.2) is 0 Å². The van der Waals surface area contributed by atoms with Crippen LogP contribution in [0.3, 0.4) is 0 Å². The van der Waals surface area contributed by atoms with Gasteiger partial charge in [0.15, 0.2) is 0 Å². The second kappa shape index (κ2) is 6.52. The molecule has 7 heteroatoms. The van der Waals surface area contributed by atoms with Gasteiger partial charge in [-0.1, -0.05) is 12.8 Å². The van der Waals surface area contributed by atoms with Gasteiger partial charge in [-0.3, -0.25) is 4.79 Å². The van der Waals surface area contributed by atoms with Crippen molar-refractivity contribution in [3.05, 3.63) is 0 Å². The van der Waals surface area contributed by atoms with E-state index >= 15 is 0 Å². The minimum Gasteiger partial charge on any atom is -0.480 e. The van der Waals surface area contributed by atoms with Crippen LogP contribution in [-0.4, -0.2) is 39.8 Å². The number of nitrogens with two attached hydrogens (primary N) is 2. The maximum Gasteiger partial charge on any atom is 0.451 e. The van der Waals surface area contributed by atoms with Crippen LogP contribution in [-0.2, 0) is 4.79 Å². The average Bonchev–Trinajstić information content (AvgIpc) is 2.71. The number of hydrogen-bond acceptors (Lipinski definition) is 5. The average molecular weight is 258 g/mol. The lowest BCUT2D eigenvalue weighted by Gasteiger charge is -2.31. The standard InChI is InChI=1S/C11H23BN2O4/c13-9-4-3-8(7-9)11(14,10(15)16)5-1-2-6-12(17)18/h8-9,17-18H,1-7,13-14H2,(H,15,16)/t8-,9+,11+/m1/s1. The van der Waals surface area contributed by atoms with E-state index in [-0.39, 0.29) is 18.3 Å². The molecule has 1 aliphatic rings. The van der Waals surface area contributed by atoms with Crippen molar-refractivity contribution in [1.82, 2.24) is 0 Å². The molecule has 1 aliphatic carbocycles. The molecule has 6 nitrogen and oxygen atoms in total. The van der Waals surface area contributed by atoms with Crippen molar-refractivity contribution < 1.29 is 19.9 Å². The van der Waals surface area contributed by atoms with Crippen molar-refractivity contribution in [1.29, 1.82) is 0 Å². The van der Waals surface area contributed by atoms with Crippen LogP contribution in [0.15, 0.2) is 0 Å². The van der Waals surface area contributed by atoms with E-state index in [1.54, 1.807) is 0 Å². The molecule has 104 valence electrons. The van der Waals surface area contributed by atoms with Gasteiger partial charge in [0, 0.05) is 6.04 Å². The maximum absolute atomic E-state index is 11.4. The molecule has 0 bridgehead atoms. The summed E-state index contributed by atoms with van der Waals surface area (Å²) in [5, 5.41) is 26.8. The zero-order valence-electron chi connectivity index (χ0n) is 10.6. The van der Waals surface area contributed by atoms with Crippen molar-refractivity contribution in [3.63, 3.8) is 0 Å². The minimum absolute atomic E-state index is 0.0524. The molecule has 0 radical (unpaired) electrons. The highest BCUT2D eigenvalue weighted by atomic mass is 16.4. The molecule has 0 saturated heterocycles. The van der Waals surface area contributed by atoms with Crippen LogP contribution in [0.4, 0.5) is 0 Å². The van der Waals surface area contributed by atoms with E-state index in [0.717, 1.165) is 12.8 Å². The number of aliphatic carboxylic acids is 1. The Morgan fingerprint density at radius 1 is 1.33 bits per heavy atom. The third kappa shape index (κ3) is 3.95. The highest BCUT2D eigenvalue weighted by Gasteiger charge is 2.44. The van der Waals surface area contributed by atoms with Gasteiger partial charge >= 0.3 is 13.1 Å². The van der Waals surface area contributed by atoms with Crippen LogP contribution in [0.5, 0.6) is 0 Å². The number of carboxylic acid groups (broad SMARTS) is 1. The van der Waals surface area contributed by atoms with Crippen molar-refractivity contribution in [2.75, 3.05) is 0 Å². The molecule has 3 atom stereocenters. The van der Waals surface area contributed by atoms with E-state index < -0.39 is 18.6 Å². The predicted octanol–water partition coefficient (Wildman–Crippen LogP) is -0.461. The Hall–Kier alpha value is -0.625. The quantitative estimate of drug-likeness (QED) is 0.310. The van der Waals surface area contributed by atoms with Crippen molar-refractivity contribution >= 4 is 13.1 Å². The first kappa shape index (κ1) is 15.4. The second-order valence-electron chi connectivity index (χ2n) is 5.34. The molecule has 7 N–H and O–H groups in total. The van der Waals surface area contributed by atoms with E-state index in [2.05, 4.69) is 0 Å². The molecule has 0 aromatic heterocycles. The minimum atomic E-state index is -1.33. The highest BCUT2D eigenvalue weighted by molar-refractivity contribution is 6.40. The summed E-state index contributed by atoms with van der Waals surface area (Å²) in [6.45, 7) is 0. The fourth-order valence-corrected chi connectivity index (χ4v) is 2.71. The van der Waals surface area contributed by atoms with Gasteiger partial charge in [0.25, 0.3) is 0 Å². The summed E-state index contributed by atoms with van der Waals surface area (Å²) in [4.78, 5) is 11.4. The molecule has 0 heterocycles. The first-order valence-corrected chi connectivity index (χ1v) is 6.50.